The lowest BCUT2D eigenvalue weighted by Gasteiger charge is -2.19. The number of aromatic carboxylic acids is 1. The van der Waals surface area contributed by atoms with Crippen LogP contribution in [0.3, 0.4) is 0 Å². The molecule has 0 heterocycles. The maximum Gasteiger partial charge on any atom is 0.335 e. The number of carbonyl (C=O) groups excluding carboxylic acids is 1. The monoisotopic (exact) mass is 294 g/mol. The standard InChI is InChI=1S/C15H22N2O4/c1-3-16-14(18)11-17(4-2)9-10-21-13-7-5-12(6-8-13)15(19)20/h5-8H,3-4,9-11H2,1-2H3,(H,16,18)(H,19,20). The van der Waals surface area contributed by atoms with E-state index in [0.29, 0.717) is 32.0 Å². The van der Waals surface area contributed by atoms with Gasteiger partial charge in [-0.25, -0.2) is 4.79 Å². The van der Waals surface area contributed by atoms with Crippen molar-refractivity contribution in [3.05, 3.63) is 29.8 Å². The predicted molar refractivity (Wildman–Crippen MR) is 79.7 cm³/mol. The van der Waals surface area contributed by atoms with E-state index in [2.05, 4.69) is 5.32 Å². The summed E-state index contributed by atoms with van der Waals surface area (Å²) in [7, 11) is 0. The maximum atomic E-state index is 11.5. The lowest BCUT2D eigenvalue weighted by atomic mass is 10.2. The van der Waals surface area contributed by atoms with E-state index in [9.17, 15) is 9.59 Å². The minimum absolute atomic E-state index is 0.00478. The zero-order valence-electron chi connectivity index (χ0n) is 12.5. The second-order valence-corrected chi connectivity index (χ2v) is 4.50. The van der Waals surface area contributed by atoms with Gasteiger partial charge >= 0.3 is 5.97 Å². The summed E-state index contributed by atoms with van der Waals surface area (Å²) in [5.41, 5.74) is 0.230. The fourth-order valence-electron chi connectivity index (χ4n) is 1.79. The van der Waals surface area contributed by atoms with Crippen molar-refractivity contribution in [3.63, 3.8) is 0 Å². The molecule has 0 aliphatic rings. The lowest BCUT2D eigenvalue weighted by molar-refractivity contribution is -0.122. The smallest absolute Gasteiger partial charge is 0.335 e. The number of rotatable bonds is 9. The largest absolute Gasteiger partial charge is 0.492 e. The second-order valence-electron chi connectivity index (χ2n) is 4.50. The molecule has 1 amide bonds. The van der Waals surface area contributed by atoms with Crippen LogP contribution in [0.4, 0.5) is 0 Å². The van der Waals surface area contributed by atoms with Crippen molar-refractivity contribution in [2.75, 3.05) is 32.8 Å². The first kappa shape index (κ1) is 17.0. The Bertz CT molecular complexity index is 459. The molecule has 0 aliphatic heterocycles. The van der Waals surface area contributed by atoms with Crippen LogP contribution < -0.4 is 10.1 Å². The summed E-state index contributed by atoms with van der Waals surface area (Å²) >= 11 is 0. The molecular weight excluding hydrogens is 272 g/mol. The van der Waals surface area contributed by atoms with E-state index in [1.54, 1.807) is 12.1 Å². The molecule has 21 heavy (non-hydrogen) atoms. The molecular formula is C15H22N2O4. The first-order valence-electron chi connectivity index (χ1n) is 7.02. The molecule has 6 heteroatoms. The number of benzene rings is 1. The molecule has 0 radical (unpaired) electrons. The molecule has 6 nitrogen and oxygen atoms in total. The van der Waals surface area contributed by atoms with Gasteiger partial charge in [-0.15, -0.1) is 0 Å². The second kappa shape index (κ2) is 8.97. The van der Waals surface area contributed by atoms with Crippen LogP contribution in [0.1, 0.15) is 24.2 Å². The predicted octanol–water partition coefficient (Wildman–Crippen LogP) is 1.22. The molecule has 1 aromatic carbocycles. The number of ether oxygens (including phenoxy) is 1. The Morgan fingerprint density at radius 3 is 2.43 bits per heavy atom. The first-order valence-corrected chi connectivity index (χ1v) is 7.02. The summed E-state index contributed by atoms with van der Waals surface area (Å²) < 4.78 is 5.55. The third-order valence-electron chi connectivity index (χ3n) is 2.97. The van der Waals surface area contributed by atoms with Gasteiger partial charge in [0, 0.05) is 13.1 Å². The fraction of sp³-hybridized carbons (Fsp3) is 0.467. The van der Waals surface area contributed by atoms with Crippen LogP contribution >= 0.6 is 0 Å². The minimum Gasteiger partial charge on any atom is -0.492 e. The first-order chi connectivity index (χ1) is 10.1. The highest BCUT2D eigenvalue weighted by Crippen LogP contribution is 2.12. The minimum atomic E-state index is -0.958. The van der Waals surface area contributed by atoms with Crippen LogP contribution in [0.15, 0.2) is 24.3 Å². The van der Waals surface area contributed by atoms with Gasteiger partial charge in [-0.1, -0.05) is 6.92 Å². The van der Waals surface area contributed by atoms with Gasteiger partial charge < -0.3 is 15.2 Å². The van der Waals surface area contributed by atoms with Crippen molar-refractivity contribution < 1.29 is 19.4 Å². The van der Waals surface area contributed by atoms with E-state index < -0.39 is 5.97 Å². The number of nitrogens with zero attached hydrogens (tertiary/aromatic N) is 1. The Morgan fingerprint density at radius 1 is 1.24 bits per heavy atom. The van der Waals surface area contributed by atoms with Gasteiger partial charge in [0.15, 0.2) is 0 Å². The topological polar surface area (TPSA) is 78.9 Å². The van der Waals surface area contributed by atoms with Crippen molar-refractivity contribution in [2.24, 2.45) is 0 Å². The van der Waals surface area contributed by atoms with Gasteiger partial charge in [0.05, 0.1) is 12.1 Å². The van der Waals surface area contributed by atoms with Crippen LogP contribution in [-0.4, -0.2) is 54.7 Å². The average Bonchev–Trinajstić information content (AvgIpc) is 2.47. The van der Waals surface area contributed by atoms with Crippen LogP contribution in [0.2, 0.25) is 0 Å². The molecule has 0 saturated heterocycles. The average molecular weight is 294 g/mol. The number of carbonyl (C=O) groups is 2. The van der Waals surface area contributed by atoms with Gasteiger partial charge in [0.25, 0.3) is 0 Å². The molecule has 0 bridgehead atoms. The van der Waals surface area contributed by atoms with E-state index in [1.165, 1.54) is 12.1 Å². The highest BCUT2D eigenvalue weighted by Gasteiger charge is 2.08. The van der Waals surface area contributed by atoms with E-state index in [0.717, 1.165) is 6.54 Å². The molecule has 0 atom stereocenters. The van der Waals surface area contributed by atoms with Crippen molar-refractivity contribution in [2.45, 2.75) is 13.8 Å². The molecule has 0 aromatic heterocycles. The molecule has 0 spiro atoms. The van der Waals surface area contributed by atoms with Crippen LogP contribution in [0, 0.1) is 0 Å². The highest BCUT2D eigenvalue weighted by atomic mass is 16.5. The quantitative estimate of drug-likeness (QED) is 0.716. The molecule has 0 fully saturated rings. The summed E-state index contributed by atoms with van der Waals surface area (Å²) in [6.07, 6.45) is 0. The number of nitrogens with one attached hydrogen (secondary N) is 1. The van der Waals surface area contributed by atoms with Crippen LogP contribution in [0.5, 0.6) is 5.75 Å². The highest BCUT2D eigenvalue weighted by molar-refractivity contribution is 5.87. The van der Waals surface area contributed by atoms with Gasteiger partial charge in [-0.05, 0) is 37.7 Å². The Morgan fingerprint density at radius 2 is 1.90 bits per heavy atom. The molecule has 2 N–H and O–H groups in total. The summed E-state index contributed by atoms with van der Waals surface area (Å²) in [5, 5.41) is 11.6. The summed E-state index contributed by atoms with van der Waals surface area (Å²) in [6, 6.07) is 6.26. The zero-order chi connectivity index (χ0) is 15.7. The Balaban J connectivity index is 2.37. The van der Waals surface area contributed by atoms with Crippen molar-refractivity contribution >= 4 is 11.9 Å². The van der Waals surface area contributed by atoms with Gasteiger partial charge in [-0.2, -0.15) is 0 Å². The fourth-order valence-corrected chi connectivity index (χ4v) is 1.79. The summed E-state index contributed by atoms with van der Waals surface area (Å²) in [6.45, 7) is 6.69. The van der Waals surface area contributed by atoms with E-state index >= 15 is 0 Å². The van der Waals surface area contributed by atoms with Gasteiger partial charge in [0.1, 0.15) is 12.4 Å². The van der Waals surface area contributed by atoms with Crippen molar-refractivity contribution in [3.8, 4) is 5.75 Å². The molecule has 0 saturated carbocycles. The number of amides is 1. The SMILES string of the molecule is CCNC(=O)CN(CC)CCOc1ccc(C(=O)O)cc1. The van der Waals surface area contributed by atoms with Gasteiger partial charge in [0.2, 0.25) is 5.91 Å². The lowest BCUT2D eigenvalue weighted by Crippen LogP contribution is -2.38. The van der Waals surface area contributed by atoms with Crippen molar-refractivity contribution in [1.82, 2.24) is 10.2 Å². The molecule has 0 unspecified atom stereocenters. The number of hydrogen-bond donors (Lipinski definition) is 2. The number of likely N-dealkylation sites (N-methyl/N-ethyl adjacent to an activating group) is 2. The Labute approximate surface area is 124 Å². The van der Waals surface area contributed by atoms with E-state index in [-0.39, 0.29) is 11.5 Å². The number of hydrogen-bond acceptors (Lipinski definition) is 4. The third kappa shape index (κ3) is 6.27. The Kier molecular flexibility index (Phi) is 7.25. The number of carboxylic acid groups (broad SMARTS) is 1. The van der Waals surface area contributed by atoms with E-state index in [1.807, 2.05) is 18.7 Å². The third-order valence-corrected chi connectivity index (χ3v) is 2.97. The van der Waals surface area contributed by atoms with Gasteiger partial charge in [-0.3, -0.25) is 9.69 Å². The zero-order valence-corrected chi connectivity index (χ0v) is 12.5. The van der Waals surface area contributed by atoms with E-state index in [4.69, 9.17) is 9.84 Å². The molecule has 1 rings (SSSR count). The summed E-state index contributed by atoms with van der Waals surface area (Å²) in [5.74, 6) is -0.333. The van der Waals surface area contributed by atoms with Crippen molar-refractivity contribution in [1.29, 1.82) is 0 Å². The molecule has 0 aliphatic carbocycles. The Hall–Kier alpha value is -2.08. The molecule has 116 valence electrons. The normalized spacial score (nSPS) is 10.4. The van der Waals surface area contributed by atoms with Crippen LogP contribution in [-0.2, 0) is 4.79 Å². The molecule has 1 aromatic rings. The maximum absolute atomic E-state index is 11.5. The van der Waals surface area contributed by atoms with Crippen LogP contribution in [0.25, 0.3) is 0 Å². The summed E-state index contributed by atoms with van der Waals surface area (Å²) in [4.78, 5) is 24.2. The number of carboxylic acids is 1.